The number of hydrogen-bond acceptors (Lipinski definition) is 3. The van der Waals surface area contributed by atoms with Gasteiger partial charge in [0.05, 0.1) is 13.2 Å². The third-order valence-corrected chi connectivity index (χ3v) is 2.95. The van der Waals surface area contributed by atoms with Crippen LogP contribution >= 0.6 is 0 Å². The van der Waals surface area contributed by atoms with Crippen LogP contribution < -0.4 is 10.2 Å². The summed E-state index contributed by atoms with van der Waals surface area (Å²) in [7, 11) is 1.99. The molecule has 1 aliphatic rings. The van der Waals surface area contributed by atoms with Crippen molar-refractivity contribution in [3.8, 4) is 0 Å². The first-order chi connectivity index (χ1) is 7.81. The minimum Gasteiger partial charge on any atom is -0.378 e. The van der Waals surface area contributed by atoms with Gasteiger partial charge in [-0.25, -0.2) is 0 Å². The van der Waals surface area contributed by atoms with Crippen LogP contribution in [-0.2, 0) is 11.3 Å². The van der Waals surface area contributed by atoms with Crippen LogP contribution in [0.2, 0.25) is 0 Å². The largest absolute Gasteiger partial charge is 0.378 e. The second-order valence-corrected chi connectivity index (χ2v) is 4.26. The molecule has 1 aromatic rings. The van der Waals surface area contributed by atoms with Gasteiger partial charge in [0.25, 0.3) is 0 Å². The van der Waals surface area contributed by atoms with E-state index in [9.17, 15) is 0 Å². The Balaban J connectivity index is 2.23. The highest BCUT2D eigenvalue weighted by molar-refractivity contribution is 5.55. The van der Waals surface area contributed by atoms with Crippen LogP contribution in [0.1, 0.15) is 11.1 Å². The molecule has 1 heterocycles. The summed E-state index contributed by atoms with van der Waals surface area (Å²) in [6.45, 7) is 6.75. The number of anilines is 1. The van der Waals surface area contributed by atoms with Crippen LogP contribution in [0.4, 0.5) is 5.69 Å². The molecule has 1 aliphatic heterocycles. The molecule has 3 nitrogen and oxygen atoms in total. The first-order valence-corrected chi connectivity index (χ1v) is 5.88. The monoisotopic (exact) mass is 220 g/mol. The molecular formula is C13H20N2O. The zero-order valence-electron chi connectivity index (χ0n) is 10.1. The van der Waals surface area contributed by atoms with Crippen molar-refractivity contribution in [2.45, 2.75) is 13.5 Å². The van der Waals surface area contributed by atoms with Gasteiger partial charge in [-0.3, -0.25) is 0 Å². The summed E-state index contributed by atoms with van der Waals surface area (Å²) in [5, 5.41) is 3.23. The van der Waals surface area contributed by atoms with Crippen molar-refractivity contribution >= 4 is 5.69 Å². The number of aryl methyl sites for hydroxylation is 1. The molecule has 88 valence electrons. The van der Waals surface area contributed by atoms with Gasteiger partial charge < -0.3 is 15.0 Å². The maximum Gasteiger partial charge on any atom is 0.0642 e. The lowest BCUT2D eigenvalue weighted by molar-refractivity contribution is 0.122. The second kappa shape index (κ2) is 5.32. The molecule has 0 amide bonds. The van der Waals surface area contributed by atoms with Crippen LogP contribution in [0.3, 0.4) is 0 Å². The molecule has 1 N–H and O–H groups in total. The number of benzene rings is 1. The molecule has 0 radical (unpaired) electrons. The summed E-state index contributed by atoms with van der Waals surface area (Å²) in [6.07, 6.45) is 0. The van der Waals surface area contributed by atoms with Gasteiger partial charge in [0.15, 0.2) is 0 Å². The molecule has 3 heteroatoms. The first-order valence-electron chi connectivity index (χ1n) is 5.88. The molecule has 1 saturated heterocycles. The van der Waals surface area contributed by atoms with Crippen molar-refractivity contribution in [3.63, 3.8) is 0 Å². The zero-order chi connectivity index (χ0) is 11.4. The van der Waals surface area contributed by atoms with Crippen molar-refractivity contribution in [2.24, 2.45) is 0 Å². The van der Waals surface area contributed by atoms with E-state index >= 15 is 0 Å². The van der Waals surface area contributed by atoms with Gasteiger partial charge in [0.1, 0.15) is 0 Å². The quantitative estimate of drug-likeness (QED) is 0.836. The highest BCUT2D eigenvalue weighted by atomic mass is 16.5. The van der Waals surface area contributed by atoms with Gasteiger partial charge in [-0.2, -0.15) is 0 Å². The van der Waals surface area contributed by atoms with Crippen LogP contribution in [-0.4, -0.2) is 33.4 Å². The van der Waals surface area contributed by atoms with Gasteiger partial charge in [-0.05, 0) is 25.6 Å². The van der Waals surface area contributed by atoms with Gasteiger partial charge >= 0.3 is 0 Å². The van der Waals surface area contributed by atoms with Crippen LogP contribution in [0.25, 0.3) is 0 Å². The van der Waals surface area contributed by atoms with Crippen molar-refractivity contribution in [1.82, 2.24) is 5.32 Å². The summed E-state index contributed by atoms with van der Waals surface area (Å²) in [5.74, 6) is 0. The van der Waals surface area contributed by atoms with Gasteiger partial charge in [0.2, 0.25) is 0 Å². The standard InChI is InChI=1S/C13H20N2O/c1-11-3-4-13(12(9-11)10-14-2)15-5-7-16-8-6-15/h3-4,9,14H,5-8,10H2,1-2H3. The Hall–Kier alpha value is -1.06. The molecule has 0 atom stereocenters. The number of nitrogens with one attached hydrogen (secondary N) is 1. The van der Waals surface area contributed by atoms with Crippen LogP contribution in [0, 0.1) is 6.92 Å². The maximum absolute atomic E-state index is 5.39. The fourth-order valence-electron chi connectivity index (χ4n) is 2.16. The van der Waals surface area contributed by atoms with Crippen molar-refractivity contribution in [2.75, 3.05) is 38.3 Å². The molecule has 0 aromatic heterocycles. The molecule has 0 spiro atoms. The number of rotatable bonds is 3. The molecule has 0 unspecified atom stereocenters. The lowest BCUT2D eigenvalue weighted by atomic mass is 10.1. The molecule has 1 fully saturated rings. The van der Waals surface area contributed by atoms with E-state index in [1.165, 1.54) is 16.8 Å². The molecule has 16 heavy (non-hydrogen) atoms. The van der Waals surface area contributed by atoms with E-state index in [2.05, 4.69) is 35.3 Å². The van der Waals surface area contributed by atoms with E-state index in [0.717, 1.165) is 32.8 Å². The van der Waals surface area contributed by atoms with Gasteiger partial charge in [-0.15, -0.1) is 0 Å². The van der Waals surface area contributed by atoms with Crippen LogP contribution in [0.5, 0.6) is 0 Å². The normalized spacial score (nSPS) is 16.5. The van der Waals surface area contributed by atoms with E-state index in [1.54, 1.807) is 0 Å². The Labute approximate surface area is 97.4 Å². The number of ether oxygens (including phenoxy) is 1. The summed E-state index contributed by atoms with van der Waals surface area (Å²) in [4.78, 5) is 2.41. The Morgan fingerprint density at radius 2 is 2.06 bits per heavy atom. The Bertz CT molecular complexity index is 346. The van der Waals surface area contributed by atoms with E-state index in [0.29, 0.717) is 0 Å². The fraction of sp³-hybridized carbons (Fsp3) is 0.538. The molecule has 0 bridgehead atoms. The van der Waals surface area contributed by atoms with Crippen molar-refractivity contribution in [1.29, 1.82) is 0 Å². The number of hydrogen-bond donors (Lipinski definition) is 1. The lowest BCUT2D eigenvalue weighted by Gasteiger charge is -2.30. The average molecular weight is 220 g/mol. The summed E-state index contributed by atoms with van der Waals surface area (Å²) in [6, 6.07) is 6.68. The van der Waals surface area contributed by atoms with E-state index in [1.807, 2.05) is 7.05 Å². The Kier molecular flexibility index (Phi) is 3.80. The van der Waals surface area contributed by atoms with E-state index in [-0.39, 0.29) is 0 Å². The fourth-order valence-corrected chi connectivity index (χ4v) is 2.16. The summed E-state index contributed by atoms with van der Waals surface area (Å²) >= 11 is 0. The van der Waals surface area contributed by atoms with E-state index < -0.39 is 0 Å². The Morgan fingerprint density at radius 1 is 1.31 bits per heavy atom. The van der Waals surface area contributed by atoms with E-state index in [4.69, 9.17) is 4.74 Å². The lowest BCUT2D eigenvalue weighted by Crippen LogP contribution is -2.37. The molecule has 2 rings (SSSR count). The smallest absolute Gasteiger partial charge is 0.0642 e. The average Bonchev–Trinajstić information content (AvgIpc) is 2.31. The summed E-state index contributed by atoms with van der Waals surface area (Å²) in [5.41, 5.74) is 4.05. The molecular weight excluding hydrogens is 200 g/mol. The third-order valence-electron chi connectivity index (χ3n) is 2.95. The SMILES string of the molecule is CNCc1cc(C)ccc1N1CCOCC1. The number of morpholine rings is 1. The molecule has 0 saturated carbocycles. The zero-order valence-corrected chi connectivity index (χ0v) is 10.1. The van der Waals surface area contributed by atoms with Crippen LogP contribution in [0.15, 0.2) is 18.2 Å². The predicted molar refractivity (Wildman–Crippen MR) is 67.0 cm³/mol. The minimum atomic E-state index is 0.840. The molecule has 1 aromatic carbocycles. The van der Waals surface area contributed by atoms with Crippen molar-refractivity contribution < 1.29 is 4.74 Å². The van der Waals surface area contributed by atoms with Crippen molar-refractivity contribution in [3.05, 3.63) is 29.3 Å². The second-order valence-electron chi connectivity index (χ2n) is 4.26. The maximum atomic E-state index is 5.39. The topological polar surface area (TPSA) is 24.5 Å². The third kappa shape index (κ3) is 2.54. The first kappa shape index (κ1) is 11.4. The minimum absolute atomic E-state index is 0.840. The predicted octanol–water partition coefficient (Wildman–Crippen LogP) is 1.55. The number of nitrogens with zero attached hydrogens (tertiary/aromatic N) is 1. The van der Waals surface area contributed by atoms with Gasteiger partial charge in [0, 0.05) is 25.3 Å². The molecule has 0 aliphatic carbocycles. The summed E-state index contributed by atoms with van der Waals surface area (Å²) < 4.78 is 5.39. The highest BCUT2D eigenvalue weighted by Gasteiger charge is 2.14. The van der Waals surface area contributed by atoms with Gasteiger partial charge in [-0.1, -0.05) is 17.7 Å². The highest BCUT2D eigenvalue weighted by Crippen LogP contribution is 2.22. The Morgan fingerprint density at radius 3 is 2.75 bits per heavy atom.